The van der Waals surface area contributed by atoms with Crippen LogP contribution >= 0.6 is 11.6 Å². The van der Waals surface area contributed by atoms with Crippen LogP contribution in [0.25, 0.3) is 5.57 Å². The van der Waals surface area contributed by atoms with Crippen molar-refractivity contribution in [3.63, 3.8) is 0 Å². The Labute approximate surface area is 185 Å². The molecule has 0 radical (unpaired) electrons. The van der Waals surface area contributed by atoms with Crippen LogP contribution in [-0.4, -0.2) is 43.6 Å². The van der Waals surface area contributed by atoms with Crippen LogP contribution in [0.5, 0.6) is 0 Å². The van der Waals surface area contributed by atoms with Crippen molar-refractivity contribution in [2.24, 2.45) is 0 Å². The maximum absolute atomic E-state index is 12.8. The maximum atomic E-state index is 12.8. The summed E-state index contributed by atoms with van der Waals surface area (Å²) in [7, 11) is -1.14. The van der Waals surface area contributed by atoms with Gasteiger partial charge in [-0.1, -0.05) is 40.6 Å². The Hall–Kier alpha value is -3.17. The first-order valence-corrected chi connectivity index (χ1v) is 10.9. The van der Waals surface area contributed by atoms with Crippen LogP contribution in [0.2, 0.25) is 5.02 Å². The Morgan fingerprint density at radius 1 is 1.16 bits per heavy atom. The molecule has 0 saturated heterocycles. The van der Waals surface area contributed by atoms with Crippen LogP contribution in [0.1, 0.15) is 16.7 Å². The molecule has 1 aromatic heterocycles. The molecule has 0 unspecified atom stereocenters. The zero-order valence-electron chi connectivity index (χ0n) is 17.1. The second-order valence-corrected chi connectivity index (χ2v) is 8.96. The Balaban J connectivity index is 1.96. The molecule has 3 rings (SSSR count). The van der Waals surface area contributed by atoms with E-state index in [1.54, 1.807) is 30.3 Å². The number of aryl methyl sites for hydroxylation is 1. The van der Waals surface area contributed by atoms with E-state index >= 15 is 0 Å². The highest BCUT2D eigenvalue weighted by Gasteiger charge is 2.23. The highest BCUT2D eigenvalue weighted by Crippen LogP contribution is 2.26. The molecule has 0 amide bonds. The minimum Gasteiger partial charge on any atom is -0.503 e. The molecule has 162 valence electrons. The van der Waals surface area contributed by atoms with E-state index < -0.39 is 15.8 Å². The lowest BCUT2D eigenvalue weighted by Crippen LogP contribution is -2.09. The number of rotatable bonds is 7. The lowest BCUT2D eigenvalue weighted by molar-refractivity contribution is -0.133. The largest absolute Gasteiger partial charge is 0.503 e. The molecule has 31 heavy (non-hydrogen) atoms. The summed E-state index contributed by atoms with van der Waals surface area (Å²) in [6.07, 6.45) is 2.60. The van der Waals surface area contributed by atoms with E-state index in [0.29, 0.717) is 16.1 Å². The third-order valence-electron chi connectivity index (χ3n) is 4.46. The Morgan fingerprint density at radius 3 is 2.52 bits per heavy atom. The van der Waals surface area contributed by atoms with Crippen LogP contribution < -0.4 is 0 Å². The second kappa shape index (κ2) is 9.32. The van der Waals surface area contributed by atoms with Gasteiger partial charge in [0.1, 0.15) is 5.57 Å². The van der Waals surface area contributed by atoms with Gasteiger partial charge >= 0.3 is 5.97 Å². The number of carbonyl (C=O) groups is 1. The molecule has 0 aliphatic heterocycles. The van der Waals surface area contributed by atoms with Crippen molar-refractivity contribution in [2.45, 2.75) is 23.4 Å². The summed E-state index contributed by atoms with van der Waals surface area (Å²) in [5.41, 5.74) is 2.22. The highest BCUT2D eigenvalue weighted by molar-refractivity contribution is 7.91. The molecule has 0 fully saturated rings. The van der Waals surface area contributed by atoms with Gasteiger partial charge in [0.25, 0.3) is 0 Å². The van der Waals surface area contributed by atoms with Crippen molar-refractivity contribution in [3.8, 4) is 0 Å². The molecule has 0 aliphatic carbocycles. The van der Waals surface area contributed by atoms with Gasteiger partial charge in [-0.15, -0.1) is 5.10 Å². The smallest absolute Gasteiger partial charge is 0.341 e. The Morgan fingerprint density at radius 2 is 1.87 bits per heavy atom. The number of benzene rings is 2. The van der Waals surface area contributed by atoms with Gasteiger partial charge in [-0.05, 0) is 42.3 Å². The molecular formula is C21H20ClN3O5S. The zero-order valence-corrected chi connectivity index (χ0v) is 18.6. The molecule has 0 spiro atoms. The number of methoxy groups -OCH3 is 2. The van der Waals surface area contributed by atoms with E-state index in [1.807, 2.05) is 6.92 Å². The first kappa shape index (κ1) is 22.5. The zero-order chi connectivity index (χ0) is 22.6. The van der Waals surface area contributed by atoms with E-state index in [-0.39, 0.29) is 22.0 Å². The molecular weight excluding hydrogens is 442 g/mol. The van der Waals surface area contributed by atoms with Crippen LogP contribution in [-0.2, 0) is 30.7 Å². The average Bonchev–Trinajstić information content (AvgIpc) is 3.22. The molecule has 0 N–H and O–H groups in total. The van der Waals surface area contributed by atoms with Gasteiger partial charge in [0.15, 0.2) is 0 Å². The number of esters is 1. The molecule has 2 aromatic carbocycles. The monoisotopic (exact) mass is 461 g/mol. The fourth-order valence-corrected chi connectivity index (χ4v) is 4.19. The molecule has 8 nitrogen and oxygen atoms in total. The van der Waals surface area contributed by atoms with E-state index in [2.05, 4.69) is 10.3 Å². The Kier molecular flexibility index (Phi) is 6.77. The maximum Gasteiger partial charge on any atom is 0.341 e. The molecule has 0 aliphatic rings. The van der Waals surface area contributed by atoms with Crippen LogP contribution in [0.3, 0.4) is 0 Å². The molecule has 0 saturated carbocycles. The fraction of sp³-hybridized carbons (Fsp3) is 0.190. The van der Waals surface area contributed by atoms with Gasteiger partial charge < -0.3 is 9.47 Å². The summed E-state index contributed by atoms with van der Waals surface area (Å²) in [4.78, 5) is 12.3. The van der Waals surface area contributed by atoms with Crippen molar-refractivity contribution < 1.29 is 22.7 Å². The summed E-state index contributed by atoms with van der Waals surface area (Å²) < 4.78 is 36.9. The minimum absolute atomic E-state index is 0.133. The third-order valence-corrected chi connectivity index (χ3v) is 6.33. The van der Waals surface area contributed by atoms with E-state index in [9.17, 15) is 13.2 Å². The summed E-state index contributed by atoms with van der Waals surface area (Å²) in [6.45, 7) is 2.01. The SMILES string of the molecule is CO/C=C(/C(=O)OC)c1cc(Cl)ccc1Cn1cc(S(=O)(=O)c2ccc(C)cc2)nn1. The summed E-state index contributed by atoms with van der Waals surface area (Å²) in [5.74, 6) is -0.605. The molecule has 10 heteroatoms. The quantitative estimate of drug-likeness (QED) is 0.302. The number of ether oxygens (including phenoxy) is 2. The van der Waals surface area contributed by atoms with Gasteiger partial charge in [0.05, 0.1) is 38.1 Å². The van der Waals surface area contributed by atoms with Crippen molar-refractivity contribution in [3.05, 3.63) is 76.6 Å². The van der Waals surface area contributed by atoms with Crippen molar-refractivity contribution in [1.29, 1.82) is 0 Å². The van der Waals surface area contributed by atoms with Gasteiger partial charge in [0.2, 0.25) is 14.9 Å². The fourth-order valence-electron chi connectivity index (χ4n) is 2.88. The lowest BCUT2D eigenvalue weighted by atomic mass is 10.0. The normalized spacial score (nSPS) is 11.9. The van der Waals surface area contributed by atoms with Crippen molar-refractivity contribution in [1.82, 2.24) is 15.0 Å². The Bertz CT molecular complexity index is 1230. The van der Waals surface area contributed by atoms with Crippen molar-refractivity contribution >= 4 is 33.0 Å². The average molecular weight is 462 g/mol. The molecule has 0 atom stereocenters. The van der Waals surface area contributed by atoms with Gasteiger partial charge in [-0.25, -0.2) is 17.9 Å². The number of halogens is 1. The number of carbonyl (C=O) groups excluding carboxylic acids is 1. The number of sulfone groups is 1. The van der Waals surface area contributed by atoms with E-state index in [4.69, 9.17) is 21.1 Å². The summed E-state index contributed by atoms with van der Waals surface area (Å²) in [6, 6.07) is 11.4. The third kappa shape index (κ3) is 4.95. The van der Waals surface area contributed by atoms with Crippen LogP contribution in [0.4, 0.5) is 0 Å². The molecule has 3 aromatic rings. The number of hydrogen-bond acceptors (Lipinski definition) is 7. The standard InChI is InChI=1S/C21H20ClN3O5S/c1-14-4-8-17(9-5-14)31(27,28)20-12-25(24-23-20)11-15-6-7-16(22)10-18(15)19(13-29-2)21(26)30-3/h4-10,12-13H,11H2,1-3H3/b19-13+. The van der Waals surface area contributed by atoms with Gasteiger partial charge in [-0.3, -0.25) is 0 Å². The first-order valence-electron chi connectivity index (χ1n) is 9.08. The number of aromatic nitrogens is 3. The van der Waals surface area contributed by atoms with Gasteiger partial charge in [0, 0.05) is 5.02 Å². The van der Waals surface area contributed by atoms with Crippen molar-refractivity contribution in [2.75, 3.05) is 14.2 Å². The topological polar surface area (TPSA) is 100 Å². The van der Waals surface area contributed by atoms with E-state index in [0.717, 1.165) is 5.56 Å². The minimum atomic E-state index is -3.81. The lowest BCUT2D eigenvalue weighted by Gasteiger charge is -2.12. The predicted molar refractivity (Wildman–Crippen MR) is 114 cm³/mol. The summed E-state index contributed by atoms with van der Waals surface area (Å²) in [5, 5.41) is 8.01. The van der Waals surface area contributed by atoms with E-state index in [1.165, 1.54) is 43.5 Å². The van der Waals surface area contributed by atoms with Crippen LogP contribution in [0.15, 0.2) is 64.8 Å². The highest BCUT2D eigenvalue weighted by atomic mass is 35.5. The summed E-state index contributed by atoms with van der Waals surface area (Å²) >= 11 is 6.12. The predicted octanol–water partition coefficient (Wildman–Crippen LogP) is 3.28. The number of nitrogens with zero attached hydrogens (tertiary/aromatic N) is 3. The second-order valence-electron chi connectivity index (χ2n) is 6.63. The first-order chi connectivity index (χ1) is 14.8. The molecule has 1 heterocycles. The van der Waals surface area contributed by atoms with Crippen LogP contribution in [0, 0.1) is 6.92 Å². The number of hydrogen-bond donors (Lipinski definition) is 0. The molecule has 0 bridgehead atoms. The van der Waals surface area contributed by atoms with Gasteiger partial charge in [-0.2, -0.15) is 0 Å².